The average molecular weight is 277 g/mol. The molecule has 4 heteroatoms. The first-order valence-electron chi connectivity index (χ1n) is 7.13. The first-order valence-corrected chi connectivity index (χ1v) is 7.13. The maximum Gasteiger partial charge on any atom is 0.338 e. The first kappa shape index (κ1) is 16.2. The summed E-state index contributed by atoms with van der Waals surface area (Å²) < 4.78 is 5.10. The van der Waals surface area contributed by atoms with E-state index in [0.29, 0.717) is 17.7 Å². The zero-order valence-corrected chi connectivity index (χ0v) is 12.4. The second kappa shape index (κ2) is 8.35. The van der Waals surface area contributed by atoms with Gasteiger partial charge in [0.15, 0.2) is 0 Å². The molecule has 0 spiro atoms. The lowest BCUT2D eigenvalue weighted by Crippen LogP contribution is -2.13. The molecule has 0 saturated heterocycles. The van der Waals surface area contributed by atoms with Crippen LogP contribution in [0.5, 0.6) is 0 Å². The summed E-state index contributed by atoms with van der Waals surface area (Å²) in [6, 6.07) is 6.75. The molecule has 1 N–H and O–H groups in total. The van der Waals surface area contributed by atoms with Crippen LogP contribution >= 0.6 is 0 Å². The molecule has 0 atom stereocenters. The lowest BCUT2D eigenvalue weighted by molar-refractivity contribution is -0.116. The Morgan fingerprint density at radius 3 is 2.35 bits per heavy atom. The molecule has 20 heavy (non-hydrogen) atoms. The molecule has 0 saturated carbocycles. The molecule has 0 unspecified atom stereocenters. The maximum absolute atomic E-state index is 11.7. The van der Waals surface area contributed by atoms with Crippen LogP contribution in [0.25, 0.3) is 0 Å². The fourth-order valence-electron chi connectivity index (χ4n) is 1.73. The third kappa shape index (κ3) is 5.87. The summed E-state index contributed by atoms with van der Waals surface area (Å²) in [7, 11) is 0. The standard InChI is InChI=1S/C16H23NO3/c1-4-5-6-7-15(18)17-14-10-8-13(9-11-14)16(19)20-12(2)3/h8-12H,4-7H2,1-3H3,(H,17,18). The van der Waals surface area contributed by atoms with Crippen molar-refractivity contribution < 1.29 is 14.3 Å². The van der Waals surface area contributed by atoms with Crippen molar-refractivity contribution in [1.82, 2.24) is 0 Å². The summed E-state index contributed by atoms with van der Waals surface area (Å²) in [4.78, 5) is 23.3. The fraction of sp³-hybridized carbons (Fsp3) is 0.500. The average Bonchev–Trinajstić information content (AvgIpc) is 2.39. The van der Waals surface area contributed by atoms with E-state index in [2.05, 4.69) is 12.2 Å². The van der Waals surface area contributed by atoms with Gasteiger partial charge in [-0.25, -0.2) is 4.79 Å². The van der Waals surface area contributed by atoms with Gasteiger partial charge in [-0.2, -0.15) is 0 Å². The summed E-state index contributed by atoms with van der Waals surface area (Å²) in [6.45, 7) is 5.72. The molecule has 1 aromatic carbocycles. The molecule has 0 heterocycles. The second-order valence-electron chi connectivity index (χ2n) is 5.04. The van der Waals surface area contributed by atoms with Crippen LogP contribution in [-0.4, -0.2) is 18.0 Å². The number of unbranched alkanes of at least 4 members (excludes halogenated alkanes) is 2. The zero-order chi connectivity index (χ0) is 15.0. The highest BCUT2D eigenvalue weighted by atomic mass is 16.5. The van der Waals surface area contributed by atoms with Crippen LogP contribution < -0.4 is 5.32 Å². The molecular weight excluding hydrogens is 254 g/mol. The molecule has 0 bridgehead atoms. The molecular formula is C16H23NO3. The van der Waals surface area contributed by atoms with Crippen LogP contribution in [-0.2, 0) is 9.53 Å². The third-order valence-electron chi connectivity index (χ3n) is 2.75. The van der Waals surface area contributed by atoms with Crippen molar-refractivity contribution in [2.24, 2.45) is 0 Å². The first-order chi connectivity index (χ1) is 9.52. The number of ether oxygens (including phenoxy) is 1. The molecule has 110 valence electrons. The summed E-state index contributed by atoms with van der Waals surface area (Å²) in [6.07, 6.45) is 3.46. The van der Waals surface area contributed by atoms with Crippen molar-refractivity contribution in [1.29, 1.82) is 0 Å². The van der Waals surface area contributed by atoms with Gasteiger partial charge in [0.25, 0.3) is 0 Å². The largest absolute Gasteiger partial charge is 0.459 e. The van der Waals surface area contributed by atoms with E-state index in [9.17, 15) is 9.59 Å². The van der Waals surface area contributed by atoms with Crippen LogP contribution in [0, 0.1) is 0 Å². The summed E-state index contributed by atoms with van der Waals surface area (Å²) in [5.74, 6) is -0.336. The number of anilines is 1. The van der Waals surface area contributed by atoms with Crippen molar-refractivity contribution in [3.63, 3.8) is 0 Å². The number of carbonyl (C=O) groups is 2. The Morgan fingerprint density at radius 1 is 1.15 bits per heavy atom. The molecule has 0 aliphatic heterocycles. The van der Waals surface area contributed by atoms with Crippen LogP contribution in [0.3, 0.4) is 0 Å². The Labute approximate surface area is 120 Å². The molecule has 0 radical (unpaired) electrons. The minimum Gasteiger partial charge on any atom is -0.459 e. The lowest BCUT2D eigenvalue weighted by Gasteiger charge is -2.09. The number of nitrogens with one attached hydrogen (secondary N) is 1. The van der Waals surface area contributed by atoms with Gasteiger partial charge in [-0.05, 0) is 44.5 Å². The normalized spacial score (nSPS) is 10.4. The van der Waals surface area contributed by atoms with E-state index >= 15 is 0 Å². The molecule has 1 rings (SSSR count). The second-order valence-corrected chi connectivity index (χ2v) is 5.04. The van der Waals surface area contributed by atoms with Crippen LogP contribution in [0.1, 0.15) is 56.8 Å². The van der Waals surface area contributed by atoms with Crippen molar-refractivity contribution in [2.45, 2.75) is 52.6 Å². The van der Waals surface area contributed by atoms with Crippen LogP contribution in [0.4, 0.5) is 5.69 Å². The van der Waals surface area contributed by atoms with Crippen LogP contribution in [0.15, 0.2) is 24.3 Å². The van der Waals surface area contributed by atoms with Gasteiger partial charge in [0.1, 0.15) is 0 Å². The highest BCUT2D eigenvalue weighted by Gasteiger charge is 2.09. The summed E-state index contributed by atoms with van der Waals surface area (Å²) >= 11 is 0. The van der Waals surface area contributed by atoms with Gasteiger partial charge in [-0.1, -0.05) is 19.8 Å². The van der Waals surface area contributed by atoms with Crippen LogP contribution in [0.2, 0.25) is 0 Å². The van der Waals surface area contributed by atoms with E-state index in [1.165, 1.54) is 0 Å². The highest BCUT2D eigenvalue weighted by Crippen LogP contribution is 2.12. The zero-order valence-electron chi connectivity index (χ0n) is 12.4. The van der Waals surface area contributed by atoms with Gasteiger partial charge in [0.05, 0.1) is 11.7 Å². The minimum absolute atomic E-state index is 0.0101. The Kier molecular flexibility index (Phi) is 6.77. The molecule has 0 aliphatic rings. The Morgan fingerprint density at radius 2 is 1.80 bits per heavy atom. The van der Waals surface area contributed by atoms with Gasteiger partial charge in [-0.15, -0.1) is 0 Å². The highest BCUT2D eigenvalue weighted by molar-refractivity contribution is 5.93. The van der Waals surface area contributed by atoms with Crippen molar-refractivity contribution >= 4 is 17.6 Å². The minimum atomic E-state index is -0.346. The van der Waals surface area contributed by atoms with E-state index < -0.39 is 0 Å². The number of esters is 1. The molecule has 1 amide bonds. The molecule has 0 aliphatic carbocycles. The van der Waals surface area contributed by atoms with E-state index in [0.717, 1.165) is 19.3 Å². The summed E-state index contributed by atoms with van der Waals surface area (Å²) in [5.41, 5.74) is 1.19. The Balaban J connectivity index is 2.50. The fourth-order valence-corrected chi connectivity index (χ4v) is 1.73. The smallest absolute Gasteiger partial charge is 0.338 e. The summed E-state index contributed by atoms with van der Waals surface area (Å²) in [5, 5.41) is 2.82. The van der Waals surface area contributed by atoms with Gasteiger partial charge < -0.3 is 10.1 Å². The number of carbonyl (C=O) groups excluding carboxylic acids is 2. The van der Waals surface area contributed by atoms with Crippen molar-refractivity contribution in [3.8, 4) is 0 Å². The quantitative estimate of drug-likeness (QED) is 0.609. The Bertz CT molecular complexity index is 438. The van der Waals surface area contributed by atoms with E-state index in [-0.39, 0.29) is 18.0 Å². The molecule has 1 aromatic rings. The number of hydrogen-bond acceptors (Lipinski definition) is 3. The third-order valence-corrected chi connectivity index (χ3v) is 2.75. The number of benzene rings is 1. The lowest BCUT2D eigenvalue weighted by atomic mass is 10.2. The predicted octanol–water partition coefficient (Wildman–Crippen LogP) is 3.77. The molecule has 0 aromatic heterocycles. The number of hydrogen-bond donors (Lipinski definition) is 1. The van der Waals surface area contributed by atoms with Gasteiger partial charge in [0, 0.05) is 12.1 Å². The SMILES string of the molecule is CCCCCC(=O)Nc1ccc(C(=O)OC(C)C)cc1. The van der Waals surface area contributed by atoms with E-state index in [1.54, 1.807) is 24.3 Å². The van der Waals surface area contributed by atoms with E-state index in [1.807, 2.05) is 13.8 Å². The van der Waals surface area contributed by atoms with Gasteiger partial charge >= 0.3 is 5.97 Å². The van der Waals surface area contributed by atoms with Gasteiger partial charge in [-0.3, -0.25) is 4.79 Å². The van der Waals surface area contributed by atoms with E-state index in [4.69, 9.17) is 4.74 Å². The Hall–Kier alpha value is -1.84. The monoisotopic (exact) mass is 277 g/mol. The van der Waals surface area contributed by atoms with Crippen molar-refractivity contribution in [3.05, 3.63) is 29.8 Å². The molecule has 4 nitrogen and oxygen atoms in total. The topological polar surface area (TPSA) is 55.4 Å². The number of amides is 1. The van der Waals surface area contributed by atoms with Gasteiger partial charge in [0.2, 0.25) is 5.91 Å². The number of rotatable bonds is 7. The predicted molar refractivity (Wildman–Crippen MR) is 79.8 cm³/mol. The maximum atomic E-state index is 11.7. The van der Waals surface area contributed by atoms with Crippen molar-refractivity contribution in [2.75, 3.05) is 5.32 Å². The molecule has 0 fully saturated rings.